The summed E-state index contributed by atoms with van der Waals surface area (Å²) >= 11 is 0. The Morgan fingerprint density at radius 3 is 2.21 bits per heavy atom. The van der Waals surface area contributed by atoms with Gasteiger partial charge in [-0.1, -0.05) is 20.8 Å². The van der Waals surface area contributed by atoms with Crippen molar-refractivity contribution >= 4 is 5.91 Å². The number of hydrogen-bond donors (Lipinski definition) is 1. The van der Waals surface area contributed by atoms with Crippen molar-refractivity contribution in [2.45, 2.75) is 39.7 Å². The van der Waals surface area contributed by atoms with Gasteiger partial charge in [-0.25, -0.2) is 0 Å². The van der Waals surface area contributed by atoms with Gasteiger partial charge in [0.15, 0.2) is 0 Å². The summed E-state index contributed by atoms with van der Waals surface area (Å²) in [5.74, 6) is 0.947. The van der Waals surface area contributed by atoms with Crippen molar-refractivity contribution in [3.8, 4) is 0 Å². The van der Waals surface area contributed by atoms with Gasteiger partial charge >= 0.3 is 0 Å². The van der Waals surface area contributed by atoms with Crippen LogP contribution in [0, 0.1) is 11.8 Å². The Bertz CT molecular complexity index is 195. The molecule has 1 saturated heterocycles. The molecule has 0 aromatic carbocycles. The van der Waals surface area contributed by atoms with Gasteiger partial charge in [-0.05, 0) is 37.8 Å². The van der Waals surface area contributed by atoms with Gasteiger partial charge in [0.2, 0.25) is 5.91 Å². The van der Waals surface area contributed by atoms with Crippen LogP contribution in [0.15, 0.2) is 0 Å². The number of piperidine rings is 1. The van der Waals surface area contributed by atoms with Crippen molar-refractivity contribution in [3.63, 3.8) is 0 Å². The SMILES string of the molecule is CC1CCN(C(C(N)=O)C(C)C)CC1. The molecule has 0 aromatic heterocycles. The highest BCUT2D eigenvalue weighted by Gasteiger charge is 2.29. The number of nitrogens with two attached hydrogens (primary N) is 1. The Hall–Kier alpha value is -0.570. The lowest BCUT2D eigenvalue weighted by Crippen LogP contribution is -2.50. The van der Waals surface area contributed by atoms with Crippen LogP contribution in [0.3, 0.4) is 0 Å². The molecule has 1 unspecified atom stereocenters. The maximum atomic E-state index is 11.3. The standard InChI is InChI=1S/C11H22N2O/c1-8(2)10(11(12)14)13-6-4-9(3)5-7-13/h8-10H,4-7H2,1-3H3,(H2,12,14). The van der Waals surface area contributed by atoms with Gasteiger partial charge in [0.1, 0.15) is 0 Å². The zero-order chi connectivity index (χ0) is 10.7. The second kappa shape index (κ2) is 4.78. The molecule has 0 radical (unpaired) electrons. The van der Waals surface area contributed by atoms with Crippen molar-refractivity contribution in [1.82, 2.24) is 4.90 Å². The molecule has 1 fully saturated rings. The molecule has 1 rings (SSSR count). The summed E-state index contributed by atoms with van der Waals surface area (Å²) in [6, 6.07) is -0.0671. The van der Waals surface area contributed by atoms with Crippen LogP contribution in [0.25, 0.3) is 0 Å². The zero-order valence-electron chi connectivity index (χ0n) is 9.49. The van der Waals surface area contributed by atoms with Crippen LogP contribution in [0.5, 0.6) is 0 Å². The second-order valence-corrected chi connectivity index (χ2v) is 4.81. The number of amides is 1. The third kappa shape index (κ3) is 2.71. The molecule has 3 heteroatoms. The van der Waals surface area contributed by atoms with Crippen molar-refractivity contribution < 1.29 is 4.79 Å². The van der Waals surface area contributed by atoms with Crippen molar-refractivity contribution in [3.05, 3.63) is 0 Å². The molecule has 0 bridgehead atoms. The van der Waals surface area contributed by atoms with E-state index in [0.29, 0.717) is 5.92 Å². The topological polar surface area (TPSA) is 46.3 Å². The molecule has 1 amide bonds. The summed E-state index contributed by atoms with van der Waals surface area (Å²) in [6.45, 7) is 8.44. The maximum absolute atomic E-state index is 11.3. The van der Waals surface area contributed by atoms with E-state index in [1.165, 1.54) is 12.8 Å². The minimum Gasteiger partial charge on any atom is -0.368 e. The molecule has 1 atom stereocenters. The molecule has 2 N–H and O–H groups in total. The molecule has 1 aliphatic rings. The molecule has 1 aliphatic heterocycles. The first-order valence-electron chi connectivity index (χ1n) is 5.55. The van der Waals surface area contributed by atoms with Crippen molar-refractivity contribution in [2.24, 2.45) is 17.6 Å². The monoisotopic (exact) mass is 198 g/mol. The smallest absolute Gasteiger partial charge is 0.235 e. The first-order chi connectivity index (χ1) is 6.52. The molecular weight excluding hydrogens is 176 g/mol. The Morgan fingerprint density at radius 1 is 1.36 bits per heavy atom. The highest BCUT2D eigenvalue weighted by atomic mass is 16.1. The first-order valence-corrected chi connectivity index (χ1v) is 5.55. The van der Waals surface area contributed by atoms with E-state index in [4.69, 9.17) is 5.73 Å². The Kier molecular flexibility index (Phi) is 3.93. The number of primary amides is 1. The minimum absolute atomic E-state index is 0.0671. The van der Waals surface area contributed by atoms with E-state index in [1.54, 1.807) is 0 Å². The van der Waals surface area contributed by atoms with Crippen LogP contribution in [0.1, 0.15) is 33.6 Å². The first kappa shape index (κ1) is 11.5. The maximum Gasteiger partial charge on any atom is 0.235 e. The summed E-state index contributed by atoms with van der Waals surface area (Å²) in [5.41, 5.74) is 5.42. The lowest BCUT2D eigenvalue weighted by atomic mass is 9.94. The van der Waals surface area contributed by atoms with Crippen LogP contribution in [-0.2, 0) is 4.79 Å². The lowest BCUT2D eigenvalue weighted by Gasteiger charge is -2.36. The quantitative estimate of drug-likeness (QED) is 0.741. The summed E-state index contributed by atoms with van der Waals surface area (Å²) in [6.07, 6.45) is 2.38. The van der Waals surface area contributed by atoms with E-state index >= 15 is 0 Å². The van der Waals surface area contributed by atoms with Gasteiger partial charge in [0.25, 0.3) is 0 Å². The van der Waals surface area contributed by atoms with Crippen LogP contribution in [-0.4, -0.2) is 29.9 Å². The molecule has 3 nitrogen and oxygen atoms in total. The normalized spacial score (nSPS) is 22.6. The number of nitrogens with zero attached hydrogens (tertiary/aromatic N) is 1. The van der Waals surface area contributed by atoms with E-state index in [9.17, 15) is 4.79 Å². The van der Waals surface area contributed by atoms with Gasteiger partial charge in [-0.15, -0.1) is 0 Å². The Labute approximate surface area is 86.6 Å². The van der Waals surface area contributed by atoms with E-state index in [0.717, 1.165) is 19.0 Å². The molecule has 0 aromatic rings. The van der Waals surface area contributed by atoms with E-state index in [-0.39, 0.29) is 11.9 Å². The van der Waals surface area contributed by atoms with Gasteiger partial charge in [0, 0.05) is 0 Å². The Balaban J connectivity index is 2.56. The van der Waals surface area contributed by atoms with Gasteiger partial charge in [-0.2, -0.15) is 0 Å². The van der Waals surface area contributed by atoms with E-state index in [2.05, 4.69) is 25.7 Å². The summed E-state index contributed by atoms with van der Waals surface area (Å²) in [4.78, 5) is 13.5. The average Bonchev–Trinajstić information content (AvgIpc) is 2.07. The largest absolute Gasteiger partial charge is 0.368 e. The molecule has 0 aliphatic carbocycles. The number of hydrogen-bond acceptors (Lipinski definition) is 2. The molecule has 0 saturated carbocycles. The fraction of sp³-hybridized carbons (Fsp3) is 0.909. The summed E-state index contributed by atoms with van der Waals surface area (Å²) < 4.78 is 0. The summed E-state index contributed by atoms with van der Waals surface area (Å²) in [7, 11) is 0. The second-order valence-electron chi connectivity index (χ2n) is 4.81. The molecule has 0 spiro atoms. The van der Waals surface area contributed by atoms with Gasteiger partial charge in [-0.3, -0.25) is 9.69 Å². The number of likely N-dealkylation sites (tertiary alicyclic amines) is 1. The zero-order valence-corrected chi connectivity index (χ0v) is 9.49. The average molecular weight is 198 g/mol. The highest BCUT2D eigenvalue weighted by molar-refractivity contribution is 5.80. The van der Waals surface area contributed by atoms with Gasteiger partial charge in [0.05, 0.1) is 6.04 Å². The van der Waals surface area contributed by atoms with Crippen LogP contribution in [0.2, 0.25) is 0 Å². The van der Waals surface area contributed by atoms with Gasteiger partial charge < -0.3 is 5.73 Å². The third-order valence-corrected chi connectivity index (χ3v) is 3.13. The number of carbonyl (C=O) groups excluding carboxylic acids is 1. The molecule has 82 valence electrons. The molecule has 14 heavy (non-hydrogen) atoms. The fourth-order valence-corrected chi connectivity index (χ4v) is 2.24. The minimum atomic E-state index is -0.172. The van der Waals surface area contributed by atoms with Crippen molar-refractivity contribution in [1.29, 1.82) is 0 Å². The number of carbonyl (C=O) groups is 1. The predicted molar refractivity (Wildman–Crippen MR) is 57.8 cm³/mol. The molecule has 1 heterocycles. The van der Waals surface area contributed by atoms with E-state index in [1.807, 2.05) is 0 Å². The van der Waals surface area contributed by atoms with Crippen LogP contribution >= 0.6 is 0 Å². The third-order valence-electron chi connectivity index (χ3n) is 3.13. The van der Waals surface area contributed by atoms with Crippen molar-refractivity contribution in [2.75, 3.05) is 13.1 Å². The summed E-state index contributed by atoms with van der Waals surface area (Å²) in [5, 5.41) is 0. The number of rotatable bonds is 3. The van der Waals surface area contributed by atoms with Crippen LogP contribution in [0.4, 0.5) is 0 Å². The van der Waals surface area contributed by atoms with E-state index < -0.39 is 0 Å². The lowest BCUT2D eigenvalue weighted by molar-refractivity contribution is -0.125. The van der Waals surface area contributed by atoms with Crippen LogP contribution < -0.4 is 5.73 Å². The highest BCUT2D eigenvalue weighted by Crippen LogP contribution is 2.20. The molecular formula is C11H22N2O. The fourth-order valence-electron chi connectivity index (χ4n) is 2.24. The Morgan fingerprint density at radius 2 is 1.86 bits per heavy atom. The predicted octanol–water partition coefficient (Wildman–Crippen LogP) is 1.23.